The van der Waals surface area contributed by atoms with Crippen LogP contribution >= 0.6 is 11.6 Å². The maximum Gasteiger partial charge on any atom is 0.264 e. The van der Waals surface area contributed by atoms with Crippen LogP contribution in [0.15, 0.2) is 64.9 Å². The molecule has 3 unspecified atom stereocenters. The molecule has 182 valence electrons. The highest BCUT2D eigenvalue weighted by Crippen LogP contribution is 2.37. The normalized spacial score (nSPS) is 23.6. The predicted molar refractivity (Wildman–Crippen MR) is 130 cm³/mol. The molecule has 6 nitrogen and oxygen atoms in total. The van der Waals surface area contributed by atoms with Crippen LogP contribution in [0.3, 0.4) is 0 Å². The van der Waals surface area contributed by atoms with Crippen LogP contribution in [0.2, 0.25) is 0 Å². The molecule has 0 bridgehead atoms. The summed E-state index contributed by atoms with van der Waals surface area (Å²) in [5.74, 6) is 1.20. The molecule has 0 saturated carbocycles. The smallest absolute Gasteiger partial charge is 0.264 e. The van der Waals surface area contributed by atoms with Gasteiger partial charge in [-0.2, -0.15) is 0 Å². The van der Waals surface area contributed by atoms with Crippen molar-refractivity contribution >= 4 is 21.6 Å². The lowest BCUT2D eigenvalue weighted by atomic mass is 9.85. The number of aliphatic hydroxyl groups is 2. The summed E-state index contributed by atoms with van der Waals surface area (Å²) in [5, 5.41) is 19.1. The lowest BCUT2D eigenvalue weighted by Crippen LogP contribution is -2.42. The Morgan fingerprint density at radius 1 is 1.30 bits per heavy atom. The third kappa shape index (κ3) is 6.41. The number of hydrogen-bond donors (Lipinski definition) is 2. The van der Waals surface area contributed by atoms with Gasteiger partial charge in [-0.3, -0.25) is 4.31 Å². The molecule has 8 heteroatoms. The fourth-order valence-electron chi connectivity index (χ4n) is 4.84. The Hall–Kier alpha value is -1.80. The van der Waals surface area contributed by atoms with E-state index < -0.39 is 16.3 Å². The van der Waals surface area contributed by atoms with Crippen LogP contribution in [0, 0.1) is 5.92 Å². The topological polar surface area (TPSA) is 87.1 Å². The van der Waals surface area contributed by atoms with Gasteiger partial charge in [0.2, 0.25) is 0 Å². The Balaban J connectivity index is 1.83. The first-order valence-electron chi connectivity index (χ1n) is 11.5. The van der Waals surface area contributed by atoms with E-state index >= 15 is 0 Å². The number of halogens is 1. The van der Waals surface area contributed by atoms with Gasteiger partial charge in [0.15, 0.2) is 6.29 Å². The zero-order chi connectivity index (χ0) is 24.0. The standard InChI is InChI=1S/C25H34ClNO5S/c1-3-27(24-15-12-21(26)16-20(24)7-5-9-25(28)29)33(30,31)23-8-4-6-19(17-23)18-10-13-22(32-2)14-11-18/h3-4,6,8,12-13,17-18,20,24-25,28-29H,1,5,7,9-11,14-16H2,2H3. The summed E-state index contributed by atoms with van der Waals surface area (Å²) in [7, 11) is -2.14. The highest BCUT2D eigenvalue weighted by Gasteiger charge is 2.35. The molecule has 0 fully saturated rings. The summed E-state index contributed by atoms with van der Waals surface area (Å²) in [6.45, 7) is 3.81. The third-order valence-corrected chi connectivity index (χ3v) is 8.80. The molecule has 2 aliphatic carbocycles. The van der Waals surface area contributed by atoms with E-state index in [9.17, 15) is 18.6 Å². The fourth-order valence-corrected chi connectivity index (χ4v) is 6.72. The minimum Gasteiger partial charge on any atom is -0.501 e. The van der Waals surface area contributed by atoms with Crippen molar-refractivity contribution in [3.8, 4) is 0 Å². The monoisotopic (exact) mass is 495 g/mol. The molecule has 0 aromatic heterocycles. The van der Waals surface area contributed by atoms with Gasteiger partial charge in [0.25, 0.3) is 10.0 Å². The molecule has 1 aromatic rings. The van der Waals surface area contributed by atoms with Crippen LogP contribution in [0.1, 0.15) is 62.8 Å². The van der Waals surface area contributed by atoms with E-state index in [4.69, 9.17) is 16.3 Å². The van der Waals surface area contributed by atoms with Gasteiger partial charge in [0.05, 0.1) is 23.8 Å². The number of ether oxygens (including phenoxy) is 1. The van der Waals surface area contributed by atoms with E-state index in [1.165, 1.54) is 10.5 Å². The average Bonchev–Trinajstić information content (AvgIpc) is 2.80. The van der Waals surface area contributed by atoms with Gasteiger partial charge in [-0.15, -0.1) is 0 Å². The Bertz CT molecular complexity index is 988. The quantitative estimate of drug-likeness (QED) is 0.446. The Morgan fingerprint density at radius 2 is 2.09 bits per heavy atom. The summed E-state index contributed by atoms with van der Waals surface area (Å²) in [4.78, 5) is 0.256. The fraction of sp³-hybridized carbons (Fsp3) is 0.520. The van der Waals surface area contributed by atoms with E-state index in [2.05, 4.69) is 12.7 Å². The highest BCUT2D eigenvalue weighted by atomic mass is 35.5. The SMILES string of the molecule is C=CN(C1CC=C(Cl)CC1CCCC(O)O)S(=O)(=O)c1cccc(C2CC=C(OC)CC2)c1. The van der Waals surface area contributed by atoms with Crippen LogP contribution in [0.4, 0.5) is 0 Å². The molecular weight excluding hydrogens is 462 g/mol. The number of aliphatic hydroxyl groups excluding tert-OH is 1. The van der Waals surface area contributed by atoms with Crippen molar-refractivity contribution in [2.45, 2.75) is 74.5 Å². The second-order valence-corrected chi connectivity index (χ2v) is 11.1. The molecule has 3 rings (SSSR count). The largest absolute Gasteiger partial charge is 0.501 e. The van der Waals surface area contributed by atoms with E-state index in [0.29, 0.717) is 30.7 Å². The van der Waals surface area contributed by atoms with Crippen LogP contribution in [-0.2, 0) is 14.8 Å². The number of nitrogens with zero attached hydrogens (tertiary/aromatic N) is 1. The summed E-state index contributed by atoms with van der Waals surface area (Å²) in [6, 6.07) is 6.88. The first kappa shape index (κ1) is 25.8. The van der Waals surface area contributed by atoms with Crippen LogP contribution in [-0.4, -0.2) is 42.4 Å². The summed E-state index contributed by atoms with van der Waals surface area (Å²) >= 11 is 6.28. The number of rotatable bonds is 10. The number of allylic oxidation sites excluding steroid dienone is 3. The highest BCUT2D eigenvalue weighted by molar-refractivity contribution is 7.89. The minimum atomic E-state index is -3.82. The number of methoxy groups -OCH3 is 1. The second kappa shape index (κ2) is 11.6. The lowest BCUT2D eigenvalue weighted by molar-refractivity contribution is -0.0474. The zero-order valence-electron chi connectivity index (χ0n) is 19.1. The van der Waals surface area contributed by atoms with Gasteiger partial charge in [0.1, 0.15) is 0 Å². The summed E-state index contributed by atoms with van der Waals surface area (Å²) < 4.78 is 34.1. The van der Waals surface area contributed by atoms with Crippen molar-refractivity contribution < 1.29 is 23.4 Å². The van der Waals surface area contributed by atoms with Crippen molar-refractivity contribution in [3.05, 3.63) is 65.6 Å². The zero-order valence-corrected chi connectivity index (χ0v) is 20.6. The first-order valence-corrected chi connectivity index (χ1v) is 13.3. The third-order valence-electron chi connectivity index (χ3n) is 6.66. The molecule has 0 amide bonds. The van der Waals surface area contributed by atoms with Crippen molar-refractivity contribution in [2.75, 3.05) is 7.11 Å². The minimum absolute atomic E-state index is 0.0341. The number of sulfonamides is 1. The predicted octanol–water partition coefficient (Wildman–Crippen LogP) is 5.00. The summed E-state index contributed by atoms with van der Waals surface area (Å²) in [5.41, 5.74) is 1.01. The van der Waals surface area contributed by atoms with Gasteiger partial charge >= 0.3 is 0 Å². The molecule has 0 saturated heterocycles. The van der Waals surface area contributed by atoms with Gasteiger partial charge in [-0.25, -0.2) is 8.42 Å². The first-order chi connectivity index (χ1) is 15.8. The van der Waals surface area contributed by atoms with E-state index in [1.54, 1.807) is 25.3 Å². The molecule has 0 spiro atoms. The van der Waals surface area contributed by atoms with Crippen LogP contribution in [0.25, 0.3) is 0 Å². The van der Waals surface area contributed by atoms with Crippen molar-refractivity contribution in [3.63, 3.8) is 0 Å². The molecule has 0 radical (unpaired) electrons. The Labute approximate surface area is 202 Å². The Morgan fingerprint density at radius 3 is 2.73 bits per heavy atom. The molecule has 1 aromatic carbocycles. The van der Waals surface area contributed by atoms with Crippen molar-refractivity contribution in [1.82, 2.24) is 4.31 Å². The number of hydrogen-bond acceptors (Lipinski definition) is 5. The summed E-state index contributed by atoms with van der Waals surface area (Å²) in [6.07, 6.45) is 9.06. The molecule has 2 aliphatic rings. The van der Waals surface area contributed by atoms with Gasteiger partial charge < -0.3 is 14.9 Å². The van der Waals surface area contributed by atoms with Crippen LogP contribution < -0.4 is 0 Å². The van der Waals surface area contributed by atoms with Crippen molar-refractivity contribution in [2.24, 2.45) is 5.92 Å². The molecule has 0 aliphatic heterocycles. The molecule has 33 heavy (non-hydrogen) atoms. The molecule has 3 atom stereocenters. The van der Waals surface area contributed by atoms with Crippen molar-refractivity contribution in [1.29, 1.82) is 0 Å². The van der Waals surface area contributed by atoms with Gasteiger partial charge in [0, 0.05) is 17.7 Å². The van der Waals surface area contributed by atoms with E-state index in [-0.39, 0.29) is 29.2 Å². The average molecular weight is 496 g/mol. The van der Waals surface area contributed by atoms with Crippen LogP contribution in [0.5, 0.6) is 0 Å². The van der Waals surface area contributed by atoms with Gasteiger partial charge in [-0.1, -0.05) is 36.4 Å². The van der Waals surface area contributed by atoms with E-state index in [0.717, 1.165) is 30.6 Å². The Kier molecular flexibility index (Phi) is 9.04. The lowest BCUT2D eigenvalue weighted by Gasteiger charge is -2.37. The maximum absolute atomic E-state index is 13.7. The van der Waals surface area contributed by atoms with E-state index in [1.807, 2.05) is 12.1 Å². The van der Waals surface area contributed by atoms with Gasteiger partial charge in [-0.05, 0) is 80.6 Å². The molecule has 0 heterocycles. The molecule has 2 N–H and O–H groups in total. The molecular formula is C25H34ClNO5S. The second-order valence-electron chi connectivity index (χ2n) is 8.77. The number of benzene rings is 1. The maximum atomic E-state index is 13.7.